The van der Waals surface area contributed by atoms with Gasteiger partial charge in [0.25, 0.3) is 0 Å². The number of hydrogen-bond acceptors (Lipinski definition) is 5. The molecule has 7 nitrogen and oxygen atoms in total. The van der Waals surface area contributed by atoms with Crippen molar-refractivity contribution in [2.45, 2.75) is 83.7 Å². The van der Waals surface area contributed by atoms with Gasteiger partial charge >= 0.3 is 0 Å². The lowest BCUT2D eigenvalue weighted by molar-refractivity contribution is -0.144. The second-order valence-electron chi connectivity index (χ2n) is 9.87. The van der Waals surface area contributed by atoms with E-state index in [4.69, 9.17) is 16.1 Å². The fourth-order valence-corrected chi connectivity index (χ4v) is 5.36. The standard InChI is InChI=1S/C26H35ClN4O3/c1-18(2)31(23(32)14-13-19-8-3-4-9-19)17-24(33)30-15-6-5-12-22(30)26-28-25(29-34-26)20-10-7-11-21(27)16-20/h7,10-11,16,18-19,22H,3-6,8-9,12-15,17H2,1-2H3. The van der Waals surface area contributed by atoms with E-state index in [0.717, 1.165) is 31.2 Å². The number of carbonyl (C=O) groups excluding carboxylic acids is 2. The van der Waals surface area contributed by atoms with Crippen molar-refractivity contribution in [2.75, 3.05) is 13.1 Å². The van der Waals surface area contributed by atoms with Crippen LogP contribution < -0.4 is 0 Å². The van der Waals surface area contributed by atoms with Crippen LogP contribution in [0.15, 0.2) is 28.8 Å². The second-order valence-corrected chi connectivity index (χ2v) is 10.3. The van der Waals surface area contributed by atoms with Gasteiger partial charge < -0.3 is 14.3 Å². The number of amides is 2. The van der Waals surface area contributed by atoms with Gasteiger partial charge in [-0.15, -0.1) is 0 Å². The molecule has 1 saturated heterocycles. The normalized spacial score (nSPS) is 19.1. The van der Waals surface area contributed by atoms with Crippen molar-refractivity contribution >= 4 is 23.4 Å². The van der Waals surface area contributed by atoms with E-state index in [0.29, 0.717) is 35.6 Å². The van der Waals surface area contributed by atoms with Crippen molar-refractivity contribution in [1.29, 1.82) is 0 Å². The Hall–Kier alpha value is -2.41. The number of likely N-dealkylation sites (tertiary alicyclic amines) is 1. The average molecular weight is 487 g/mol. The van der Waals surface area contributed by atoms with Gasteiger partial charge in [0.15, 0.2) is 0 Å². The van der Waals surface area contributed by atoms with Crippen LogP contribution in [0.3, 0.4) is 0 Å². The highest BCUT2D eigenvalue weighted by atomic mass is 35.5. The van der Waals surface area contributed by atoms with Crippen LogP contribution in [0, 0.1) is 5.92 Å². The van der Waals surface area contributed by atoms with Gasteiger partial charge in [0.2, 0.25) is 23.5 Å². The Morgan fingerprint density at radius 1 is 1.18 bits per heavy atom. The third kappa shape index (κ3) is 5.98. The Morgan fingerprint density at radius 3 is 2.68 bits per heavy atom. The third-order valence-corrected chi connectivity index (χ3v) is 7.36. The molecule has 1 unspecified atom stereocenters. The summed E-state index contributed by atoms with van der Waals surface area (Å²) in [5.74, 6) is 1.57. The smallest absolute Gasteiger partial charge is 0.249 e. The lowest BCUT2D eigenvalue weighted by atomic mass is 10.0. The molecule has 8 heteroatoms. The van der Waals surface area contributed by atoms with E-state index in [2.05, 4.69) is 10.1 Å². The number of halogens is 1. The molecule has 34 heavy (non-hydrogen) atoms. The molecule has 1 aromatic heterocycles. The number of rotatable bonds is 8. The molecule has 0 bridgehead atoms. The molecule has 0 radical (unpaired) electrons. The van der Waals surface area contributed by atoms with E-state index in [1.165, 1.54) is 25.7 Å². The highest BCUT2D eigenvalue weighted by molar-refractivity contribution is 6.30. The summed E-state index contributed by atoms with van der Waals surface area (Å²) in [6.45, 7) is 4.67. The lowest BCUT2D eigenvalue weighted by Gasteiger charge is -2.36. The van der Waals surface area contributed by atoms with Crippen LogP contribution in [0.1, 0.15) is 83.6 Å². The Kier molecular flexibility index (Phi) is 8.24. The minimum atomic E-state index is -0.274. The summed E-state index contributed by atoms with van der Waals surface area (Å²) in [5, 5.41) is 4.73. The fraction of sp³-hybridized carbons (Fsp3) is 0.615. The van der Waals surface area contributed by atoms with Crippen LogP contribution in [-0.2, 0) is 9.59 Å². The van der Waals surface area contributed by atoms with Gasteiger partial charge in [0.05, 0.1) is 6.54 Å². The zero-order chi connectivity index (χ0) is 24.1. The highest BCUT2D eigenvalue weighted by Crippen LogP contribution is 2.32. The molecule has 2 aromatic rings. The van der Waals surface area contributed by atoms with Crippen molar-refractivity contribution in [2.24, 2.45) is 5.92 Å². The highest BCUT2D eigenvalue weighted by Gasteiger charge is 2.34. The summed E-state index contributed by atoms with van der Waals surface area (Å²) < 4.78 is 5.60. The average Bonchev–Trinajstić information content (AvgIpc) is 3.53. The van der Waals surface area contributed by atoms with Crippen molar-refractivity contribution in [1.82, 2.24) is 19.9 Å². The molecule has 4 rings (SSSR count). The fourth-order valence-electron chi connectivity index (χ4n) is 5.17. The van der Waals surface area contributed by atoms with Crippen LogP contribution in [0.5, 0.6) is 0 Å². The van der Waals surface area contributed by atoms with Gasteiger partial charge in [-0.2, -0.15) is 4.98 Å². The number of piperidine rings is 1. The number of nitrogens with zero attached hydrogens (tertiary/aromatic N) is 4. The first-order valence-corrected chi connectivity index (χ1v) is 13.0. The van der Waals surface area contributed by atoms with Gasteiger partial charge in [-0.25, -0.2) is 0 Å². The molecule has 2 fully saturated rings. The van der Waals surface area contributed by atoms with E-state index in [1.54, 1.807) is 17.0 Å². The topological polar surface area (TPSA) is 79.5 Å². The van der Waals surface area contributed by atoms with E-state index in [9.17, 15) is 9.59 Å². The van der Waals surface area contributed by atoms with Crippen LogP contribution in [-0.4, -0.2) is 50.9 Å². The van der Waals surface area contributed by atoms with Crippen LogP contribution >= 0.6 is 11.6 Å². The van der Waals surface area contributed by atoms with Crippen LogP contribution in [0.25, 0.3) is 11.4 Å². The summed E-state index contributed by atoms with van der Waals surface area (Å²) in [6, 6.07) is 7.00. The Bertz CT molecular complexity index is 986. The zero-order valence-electron chi connectivity index (χ0n) is 20.2. The van der Waals surface area contributed by atoms with Gasteiger partial charge in [-0.05, 0) is 57.6 Å². The molecule has 1 atom stereocenters. The molecule has 2 heterocycles. The molecule has 1 saturated carbocycles. The van der Waals surface area contributed by atoms with Crippen LogP contribution in [0.4, 0.5) is 0 Å². The van der Waals surface area contributed by atoms with Crippen molar-refractivity contribution < 1.29 is 14.1 Å². The first-order valence-electron chi connectivity index (χ1n) is 12.6. The maximum Gasteiger partial charge on any atom is 0.249 e. The van der Waals surface area contributed by atoms with Crippen molar-refractivity contribution in [3.8, 4) is 11.4 Å². The number of hydrogen-bond donors (Lipinski definition) is 0. The summed E-state index contributed by atoms with van der Waals surface area (Å²) in [7, 11) is 0. The predicted molar refractivity (Wildman–Crippen MR) is 131 cm³/mol. The first kappa shape index (κ1) is 24.7. The molecule has 184 valence electrons. The van der Waals surface area contributed by atoms with Crippen molar-refractivity contribution in [3.63, 3.8) is 0 Å². The third-order valence-electron chi connectivity index (χ3n) is 7.12. The van der Waals surface area contributed by atoms with Crippen molar-refractivity contribution in [3.05, 3.63) is 35.2 Å². The monoisotopic (exact) mass is 486 g/mol. The van der Waals surface area contributed by atoms with E-state index in [-0.39, 0.29) is 30.4 Å². The van der Waals surface area contributed by atoms with E-state index < -0.39 is 0 Å². The second kappa shape index (κ2) is 11.3. The minimum absolute atomic E-state index is 0.0268. The van der Waals surface area contributed by atoms with E-state index in [1.807, 2.05) is 30.9 Å². The zero-order valence-corrected chi connectivity index (χ0v) is 21.0. The largest absolute Gasteiger partial charge is 0.337 e. The van der Waals surface area contributed by atoms with Crippen LogP contribution in [0.2, 0.25) is 5.02 Å². The molecule has 1 aliphatic heterocycles. The maximum absolute atomic E-state index is 13.4. The maximum atomic E-state index is 13.4. The van der Waals surface area contributed by atoms with Gasteiger partial charge in [0, 0.05) is 29.6 Å². The summed E-state index contributed by atoms with van der Waals surface area (Å²) in [4.78, 5) is 34.5. The predicted octanol–water partition coefficient (Wildman–Crippen LogP) is 5.65. The molecule has 2 aliphatic rings. The molecule has 1 aromatic carbocycles. The minimum Gasteiger partial charge on any atom is -0.337 e. The number of benzene rings is 1. The molecule has 0 spiro atoms. The molecular formula is C26H35ClN4O3. The molecule has 1 aliphatic carbocycles. The van der Waals surface area contributed by atoms with Gasteiger partial charge in [0.1, 0.15) is 6.04 Å². The SMILES string of the molecule is CC(C)N(CC(=O)N1CCCCC1c1nc(-c2cccc(Cl)c2)no1)C(=O)CCC1CCCC1. The van der Waals surface area contributed by atoms with E-state index >= 15 is 0 Å². The number of carbonyl (C=O) groups is 2. The summed E-state index contributed by atoms with van der Waals surface area (Å²) >= 11 is 6.10. The van der Waals surface area contributed by atoms with Gasteiger partial charge in [-0.1, -0.05) is 54.6 Å². The quantitative estimate of drug-likeness (QED) is 0.481. The lowest BCUT2D eigenvalue weighted by Crippen LogP contribution is -2.48. The number of aromatic nitrogens is 2. The first-order chi connectivity index (χ1) is 16.4. The van der Waals surface area contributed by atoms with Gasteiger partial charge in [-0.3, -0.25) is 9.59 Å². The molecular weight excluding hydrogens is 452 g/mol. The summed E-state index contributed by atoms with van der Waals surface area (Å²) in [6.07, 6.45) is 9.12. The summed E-state index contributed by atoms with van der Waals surface area (Å²) in [5.41, 5.74) is 0.773. The Balaban J connectivity index is 1.43. The Labute approximate surface area is 206 Å². The Morgan fingerprint density at radius 2 is 1.94 bits per heavy atom. The molecule has 2 amide bonds. The molecule has 0 N–H and O–H groups in total.